The summed E-state index contributed by atoms with van der Waals surface area (Å²) >= 11 is 3.14. The molecule has 1 aliphatic rings. The van der Waals surface area contributed by atoms with E-state index >= 15 is 0 Å². The quantitative estimate of drug-likeness (QED) is 0.416. The molecule has 4 aromatic rings. The number of amides is 2. The molecular formula is C25H23N3O2S2. The van der Waals surface area contributed by atoms with Crippen molar-refractivity contribution in [3.05, 3.63) is 70.4 Å². The number of carbonyl (C=O) groups excluding carboxylic acids is 2. The van der Waals surface area contributed by atoms with Crippen LogP contribution in [0.4, 0.5) is 5.69 Å². The number of anilines is 1. The van der Waals surface area contributed by atoms with Crippen molar-refractivity contribution in [3.63, 3.8) is 0 Å². The van der Waals surface area contributed by atoms with Crippen molar-refractivity contribution in [1.82, 2.24) is 9.88 Å². The Morgan fingerprint density at radius 1 is 1.06 bits per heavy atom. The minimum absolute atomic E-state index is 0.0245. The highest BCUT2D eigenvalue weighted by atomic mass is 32.1. The van der Waals surface area contributed by atoms with Gasteiger partial charge in [0.25, 0.3) is 5.91 Å². The van der Waals surface area contributed by atoms with Gasteiger partial charge in [0.2, 0.25) is 5.91 Å². The van der Waals surface area contributed by atoms with E-state index in [4.69, 9.17) is 4.98 Å². The van der Waals surface area contributed by atoms with Gasteiger partial charge in [-0.15, -0.1) is 22.7 Å². The van der Waals surface area contributed by atoms with Gasteiger partial charge in [-0.25, -0.2) is 4.98 Å². The highest BCUT2D eigenvalue weighted by molar-refractivity contribution is 7.21. The molecule has 5 nitrogen and oxygen atoms in total. The summed E-state index contributed by atoms with van der Waals surface area (Å²) < 4.78 is 1.18. The molecule has 0 saturated carbocycles. The topological polar surface area (TPSA) is 62.3 Å². The molecule has 1 N–H and O–H groups in total. The van der Waals surface area contributed by atoms with Crippen molar-refractivity contribution in [3.8, 4) is 10.6 Å². The van der Waals surface area contributed by atoms with Crippen molar-refractivity contribution in [2.75, 3.05) is 18.4 Å². The summed E-state index contributed by atoms with van der Waals surface area (Å²) in [6.07, 6.45) is 1.37. The fourth-order valence-electron chi connectivity index (χ4n) is 4.00. The molecule has 0 bridgehead atoms. The number of aryl methyl sites for hydroxylation is 1. The Morgan fingerprint density at radius 2 is 1.84 bits per heavy atom. The lowest BCUT2D eigenvalue weighted by molar-refractivity contribution is -0.121. The van der Waals surface area contributed by atoms with Gasteiger partial charge < -0.3 is 10.2 Å². The predicted octanol–water partition coefficient (Wildman–Crippen LogP) is 5.82. The third-order valence-corrected chi connectivity index (χ3v) is 7.75. The van der Waals surface area contributed by atoms with Crippen LogP contribution < -0.4 is 5.32 Å². The normalized spacial score (nSPS) is 14.6. The van der Waals surface area contributed by atoms with Gasteiger partial charge in [-0.2, -0.15) is 0 Å². The Balaban J connectivity index is 1.19. The van der Waals surface area contributed by atoms with E-state index in [0.29, 0.717) is 25.9 Å². The van der Waals surface area contributed by atoms with Gasteiger partial charge in [-0.1, -0.05) is 12.1 Å². The van der Waals surface area contributed by atoms with Crippen LogP contribution in [0.1, 0.15) is 28.1 Å². The van der Waals surface area contributed by atoms with Gasteiger partial charge in [-0.05, 0) is 73.2 Å². The summed E-state index contributed by atoms with van der Waals surface area (Å²) in [7, 11) is 0. The number of fused-ring (bicyclic) bond motifs is 1. The smallest absolute Gasteiger partial charge is 0.263 e. The summed E-state index contributed by atoms with van der Waals surface area (Å²) in [6.45, 7) is 3.32. The van der Waals surface area contributed by atoms with Gasteiger partial charge >= 0.3 is 0 Å². The maximum absolute atomic E-state index is 12.8. The third-order valence-electron chi connectivity index (χ3n) is 5.83. The second kappa shape index (κ2) is 8.84. The van der Waals surface area contributed by atoms with E-state index in [2.05, 4.69) is 30.4 Å². The summed E-state index contributed by atoms with van der Waals surface area (Å²) in [4.78, 5) is 32.6. The van der Waals surface area contributed by atoms with Crippen LogP contribution in [0.3, 0.4) is 0 Å². The molecule has 1 fully saturated rings. The number of thiazole rings is 1. The minimum atomic E-state index is -0.0745. The van der Waals surface area contributed by atoms with Gasteiger partial charge in [0.15, 0.2) is 0 Å². The number of hydrogen-bond donors (Lipinski definition) is 1. The molecule has 1 saturated heterocycles. The fraction of sp³-hybridized carbons (Fsp3) is 0.240. The minimum Gasteiger partial charge on any atom is -0.338 e. The van der Waals surface area contributed by atoms with E-state index in [-0.39, 0.29) is 17.7 Å². The van der Waals surface area contributed by atoms with E-state index in [1.165, 1.54) is 21.6 Å². The zero-order valence-corrected chi connectivity index (χ0v) is 19.3. The molecule has 2 aromatic heterocycles. The fourth-order valence-corrected chi connectivity index (χ4v) is 5.76. The van der Waals surface area contributed by atoms with E-state index in [0.717, 1.165) is 26.7 Å². The zero-order chi connectivity index (χ0) is 22.1. The van der Waals surface area contributed by atoms with Crippen LogP contribution in [0.2, 0.25) is 0 Å². The number of rotatable bonds is 4. The summed E-state index contributed by atoms with van der Waals surface area (Å²) in [5.74, 6) is 0.0189. The van der Waals surface area contributed by atoms with Gasteiger partial charge in [0.05, 0.1) is 15.1 Å². The Hall–Kier alpha value is -3.03. The van der Waals surface area contributed by atoms with Crippen LogP contribution in [0.25, 0.3) is 20.8 Å². The van der Waals surface area contributed by atoms with Crippen molar-refractivity contribution in [2.24, 2.45) is 5.92 Å². The predicted molar refractivity (Wildman–Crippen MR) is 131 cm³/mol. The van der Waals surface area contributed by atoms with Gasteiger partial charge in [-0.3, -0.25) is 9.59 Å². The monoisotopic (exact) mass is 461 g/mol. The standard InChI is InChI=1S/C25H23N3O2S2/c1-16-4-9-20-22(15-16)32-24(27-20)18-5-7-19(8-6-18)26-23(29)17-10-12-28(13-11-17)25(30)21-3-2-14-31-21/h2-9,14-15,17H,10-13H2,1H3,(H,26,29). The van der Waals surface area contributed by atoms with E-state index in [1.807, 2.05) is 46.7 Å². The van der Waals surface area contributed by atoms with Crippen LogP contribution in [-0.4, -0.2) is 34.8 Å². The van der Waals surface area contributed by atoms with Crippen molar-refractivity contribution < 1.29 is 9.59 Å². The Labute approximate surface area is 194 Å². The Kier molecular flexibility index (Phi) is 5.76. The average Bonchev–Trinajstić information content (AvgIpc) is 3.49. The molecule has 2 aromatic carbocycles. The number of nitrogens with zero attached hydrogens (tertiary/aromatic N) is 2. The molecule has 0 aliphatic carbocycles. The third kappa shape index (κ3) is 4.31. The first-order valence-electron chi connectivity index (χ1n) is 10.7. The first kappa shape index (κ1) is 20.8. The van der Waals surface area contributed by atoms with Crippen molar-refractivity contribution in [1.29, 1.82) is 0 Å². The molecule has 32 heavy (non-hydrogen) atoms. The maximum atomic E-state index is 12.8. The van der Waals surface area contributed by atoms with E-state index in [9.17, 15) is 9.59 Å². The van der Waals surface area contributed by atoms with Gasteiger partial charge in [0, 0.05) is 30.3 Å². The lowest BCUT2D eigenvalue weighted by Gasteiger charge is -2.31. The van der Waals surface area contributed by atoms with E-state index < -0.39 is 0 Å². The first-order chi connectivity index (χ1) is 15.6. The van der Waals surface area contributed by atoms with Gasteiger partial charge in [0.1, 0.15) is 5.01 Å². The molecule has 0 spiro atoms. The summed E-state index contributed by atoms with van der Waals surface area (Å²) in [5.41, 5.74) is 4.07. The van der Waals surface area contributed by atoms with Crippen LogP contribution in [0.15, 0.2) is 60.0 Å². The van der Waals surface area contributed by atoms with Crippen LogP contribution in [0.5, 0.6) is 0 Å². The lowest BCUT2D eigenvalue weighted by atomic mass is 9.95. The first-order valence-corrected chi connectivity index (χ1v) is 12.4. The molecule has 7 heteroatoms. The van der Waals surface area contributed by atoms with Crippen LogP contribution in [-0.2, 0) is 4.79 Å². The number of hydrogen-bond acceptors (Lipinski definition) is 5. The Morgan fingerprint density at radius 3 is 2.56 bits per heavy atom. The largest absolute Gasteiger partial charge is 0.338 e. The zero-order valence-electron chi connectivity index (χ0n) is 17.7. The second-order valence-corrected chi connectivity index (χ2v) is 10.1. The molecule has 5 rings (SSSR count). The second-order valence-electron chi connectivity index (χ2n) is 8.10. The highest BCUT2D eigenvalue weighted by Crippen LogP contribution is 2.31. The maximum Gasteiger partial charge on any atom is 0.263 e. The summed E-state index contributed by atoms with van der Waals surface area (Å²) in [6, 6.07) is 17.9. The number of nitrogens with one attached hydrogen (secondary N) is 1. The number of carbonyl (C=O) groups is 2. The highest BCUT2D eigenvalue weighted by Gasteiger charge is 2.28. The number of aromatic nitrogens is 1. The van der Waals surface area contributed by atoms with Crippen LogP contribution >= 0.6 is 22.7 Å². The number of thiophene rings is 1. The number of likely N-dealkylation sites (tertiary alicyclic amines) is 1. The SMILES string of the molecule is Cc1ccc2nc(-c3ccc(NC(=O)C4CCN(C(=O)c5cccs5)CC4)cc3)sc2c1. The molecule has 0 radical (unpaired) electrons. The van der Waals surface area contributed by atoms with E-state index in [1.54, 1.807) is 11.3 Å². The average molecular weight is 462 g/mol. The number of benzene rings is 2. The van der Waals surface area contributed by atoms with Crippen molar-refractivity contribution >= 4 is 50.4 Å². The summed E-state index contributed by atoms with van der Waals surface area (Å²) in [5, 5.41) is 5.93. The molecule has 0 unspecified atom stereocenters. The Bertz CT molecular complexity index is 1250. The molecule has 1 aliphatic heterocycles. The molecule has 2 amide bonds. The van der Waals surface area contributed by atoms with Crippen LogP contribution in [0, 0.1) is 12.8 Å². The molecule has 3 heterocycles. The number of piperidine rings is 1. The molecule has 162 valence electrons. The lowest BCUT2D eigenvalue weighted by Crippen LogP contribution is -2.41. The van der Waals surface area contributed by atoms with Crippen molar-refractivity contribution in [2.45, 2.75) is 19.8 Å². The molecular weight excluding hydrogens is 438 g/mol. The molecule has 0 atom stereocenters.